The van der Waals surface area contributed by atoms with Gasteiger partial charge in [-0.2, -0.15) is 5.26 Å². The summed E-state index contributed by atoms with van der Waals surface area (Å²) in [6.45, 7) is 15.5. The van der Waals surface area contributed by atoms with Crippen molar-refractivity contribution < 1.29 is 14.4 Å². The molecular formula is C41H52N2O3. The maximum Gasteiger partial charge on any atom is 0.227 e. The van der Waals surface area contributed by atoms with Gasteiger partial charge in [0, 0.05) is 16.7 Å². The molecule has 7 rings (SSSR count). The van der Waals surface area contributed by atoms with E-state index in [0.717, 1.165) is 69.8 Å². The number of hydrogen-bond donors (Lipinski definition) is 1. The highest BCUT2D eigenvalue weighted by Crippen LogP contribution is 2.74. The lowest BCUT2D eigenvalue weighted by atomic mass is 9.34. The van der Waals surface area contributed by atoms with E-state index in [1.54, 1.807) is 0 Å². The number of benzene rings is 1. The van der Waals surface area contributed by atoms with Crippen LogP contribution in [-0.4, -0.2) is 17.5 Å². The number of nitrogens with zero attached hydrogens (tertiary/aromatic N) is 1. The van der Waals surface area contributed by atoms with Crippen molar-refractivity contribution in [2.75, 3.05) is 0 Å². The molecule has 1 aromatic carbocycles. The Labute approximate surface area is 275 Å². The van der Waals surface area contributed by atoms with Gasteiger partial charge in [-0.25, -0.2) is 0 Å². The van der Waals surface area contributed by atoms with Crippen LogP contribution in [0.1, 0.15) is 123 Å². The Morgan fingerprint density at radius 2 is 1.65 bits per heavy atom. The van der Waals surface area contributed by atoms with E-state index in [0.29, 0.717) is 0 Å². The number of nitriles is 1. The van der Waals surface area contributed by atoms with Gasteiger partial charge >= 0.3 is 0 Å². The van der Waals surface area contributed by atoms with E-state index in [9.17, 15) is 19.6 Å². The van der Waals surface area contributed by atoms with Gasteiger partial charge in [-0.05, 0) is 109 Å². The Morgan fingerprint density at radius 1 is 0.935 bits per heavy atom. The van der Waals surface area contributed by atoms with Crippen molar-refractivity contribution >= 4 is 17.5 Å². The Balaban J connectivity index is 1.31. The van der Waals surface area contributed by atoms with Crippen LogP contribution in [0, 0.1) is 61.6 Å². The molecule has 3 fully saturated rings. The average Bonchev–Trinajstić information content (AvgIpc) is 3.00. The molecule has 0 bridgehead atoms. The fourth-order valence-electron chi connectivity index (χ4n) is 12.2. The number of carbonyl (C=O) groups excluding carboxylic acids is 3. The number of fused-ring (bicyclic) bond motifs is 8. The van der Waals surface area contributed by atoms with E-state index in [-0.39, 0.29) is 63.1 Å². The normalized spacial score (nSPS) is 42.0. The summed E-state index contributed by atoms with van der Waals surface area (Å²) in [4.78, 5) is 43.0. The number of aryl methyl sites for hydroxylation is 1. The summed E-state index contributed by atoms with van der Waals surface area (Å²) in [5, 5.41) is 13.6. The highest BCUT2D eigenvalue weighted by molar-refractivity contribution is 6.04. The third-order valence-corrected chi connectivity index (χ3v) is 15.0. The van der Waals surface area contributed by atoms with Crippen LogP contribution in [0.5, 0.6) is 0 Å². The van der Waals surface area contributed by atoms with Gasteiger partial charge in [0.25, 0.3) is 0 Å². The second-order valence-corrected chi connectivity index (χ2v) is 18.0. The summed E-state index contributed by atoms with van der Waals surface area (Å²) in [5.41, 5.74) is 1.59. The van der Waals surface area contributed by atoms with Crippen LogP contribution < -0.4 is 5.32 Å². The van der Waals surface area contributed by atoms with Gasteiger partial charge in [0.15, 0.2) is 11.6 Å². The van der Waals surface area contributed by atoms with Gasteiger partial charge in [0.05, 0.1) is 17.0 Å². The first-order valence-electron chi connectivity index (χ1n) is 17.9. The van der Waals surface area contributed by atoms with Gasteiger partial charge < -0.3 is 5.32 Å². The Morgan fingerprint density at radius 3 is 2.39 bits per heavy atom. The average molecular weight is 621 g/mol. The monoisotopic (exact) mass is 620 g/mol. The van der Waals surface area contributed by atoms with E-state index in [2.05, 4.69) is 70.3 Å². The molecule has 0 unspecified atom stereocenters. The quantitative estimate of drug-likeness (QED) is 0.360. The molecule has 0 aliphatic heterocycles. The van der Waals surface area contributed by atoms with Crippen LogP contribution in [0.25, 0.3) is 0 Å². The van der Waals surface area contributed by atoms with Crippen LogP contribution in [0.2, 0.25) is 0 Å². The van der Waals surface area contributed by atoms with Crippen molar-refractivity contribution in [2.45, 2.75) is 119 Å². The number of nitrogens with one attached hydrogen (secondary N) is 1. The van der Waals surface area contributed by atoms with Crippen LogP contribution in [0.3, 0.4) is 0 Å². The van der Waals surface area contributed by atoms with Crippen molar-refractivity contribution in [1.29, 1.82) is 5.26 Å². The van der Waals surface area contributed by atoms with Crippen molar-refractivity contribution in [3.63, 3.8) is 0 Å². The third-order valence-electron chi connectivity index (χ3n) is 15.0. The summed E-state index contributed by atoms with van der Waals surface area (Å²) < 4.78 is 0. The first-order valence-corrected chi connectivity index (χ1v) is 17.9. The molecule has 0 saturated heterocycles. The number of carbonyl (C=O) groups is 3. The molecule has 6 aliphatic rings. The van der Waals surface area contributed by atoms with Gasteiger partial charge in [0.2, 0.25) is 5.91 Å². The lowest BCUT2D eigenvalue weighted by Gasteiger charge is -2.69. The molecule has 8 atom stereocenters. The number of Topliss-reactive ketones (excluding diaryl/α,β-unsaturated/α-hetero) is 1. The molecule has 46 heavy (non-hydrogen) atoms. The summed E-state index contributed by atoms with van der Waals surface area (Å²) in [7, 11) is 0. The van der Waals surface area contributed by atoms with E-state index >= 15 is 0 Å². The molecular weight excluding hydrogens is 568 g/mol. The number of amides is 1. The first kappa shape index (κ1) is 31.6. The maximum atomic E-state index is 14.8. The van der Waals surface area contributed by atoms with Gasteiger partial charge in [0.1, 0.15) is 6.07 Å². The zero-order valence-electron chi connectivity index (χ0n) is 29.0. The standard InChI is InChI=1S/C41H52N2O3/c1-36(2)17-19-41(35(46)43-29-14-10-12-25-11-8-9-13-27(25)29)20-18-40(7)33(28(41)23-36)30(44)21-32-38(5)22-26(24-42)34(45)37(3,4)31(38)15-16-39(32,40)6/h8-9,11,13,21-22,28-29,31,33H,10,12,14-20,23H2,1-7H3,(H,43,46)/t28-,29+,31-,33-,38-,39+,40+,41-/m0/s1. The lowest BCUT2D eigenvalue weighted by molar-refractivity contribution is -0.178. The van der Waals surface area contributed by atoms with Crippen LogP contribution >= 0.6 is 0 Å². The molecule has 244 valence electrons. The Kier molecular flexibility index (Phi) is 6.87. The highest BCUT2D eigenvalue weighted by Gasteiger charge is 2.70. The molecule has 1 aromatic rings. The summed E-state index contributed by atoms with van der Waals surface area (Å²) in [6.07, 6.45) is 13.0. The fraction of sp³-hybridized carbons (Fsp3) is 0.659. The topological polar surface area (TPSA) is 87.0 Å². The zero-order chi connectivity index (χ0) is 33.1. The second kappa shape index (κ2) is 10.0. The lowest BCUT2D eigenvalue weighted by Crippen LogP contribution is -2.66. The molecule has 0 aromatic heterocycles. The number of ketones is 2. The first-order chi connectivity index (χ1) is 21.5. The number of rotatable bonds is 2. The molecule has 0 heterocycles. The fourth-order valence-corrected chi connectivity index (χ4v) is 12.2. The predicted molar refractivity (Wildman–Crippen MR) is 179 cm³/mol. The van der Waals surface area contributed by atoms with Gasteiger partial charge in [-0.3, -0.25) is 14.4 Å². The Bertz CT molecular complexity index is 1640. The molecule has 6 aliphatic carbocycles. The van der Waals surface area contributed by atoms with Crippen molar-refractivity contribution in [1.82, 2.24) is 5.32 Å². The molecule has 0 radical (unpaired) electrons. The van der Waals surface area contributed by atoms with E-state index in [1.807, 2.05) is 26.0 Å². The van der Waals surface area contributed by atoms with Crippen LogP contribution in [0.15, 0.2) is 47.6 Å². The molecule has 5 nitrogen and oxygen atoms in total. The van der Waals surface area contributed by atoms with Crippen molar-refractivity contribution in [3.8, 4) is 6.07 Å². The van der Waals surface area contributed by atoms with E-state index in [1.165, 1.54) is 11.1 Å². The largest absolute Gasteiger partial charge is 0.349 e. The predicted octanol–water partition coefficient (Wildman–Crippen LogP) is 8.40. The highest BCUT2D eigenvalue weighted by atomic mass is 16.2. The van der Waals surface area contributed by atoms with Gasteiger partial charge in [-0.1, -0.05) is 84.4 Å². The van der Waals surface area contributed by atoms with E-state index in [4.69, 9.17) is 0 Å². The maximum absolute atomic E-state index is 14.8. The zero-order valence-corrected chi connectivity index (χ0v) is 29.0. The van der Waals surface area contributed by atoms with E-state index < -0.39 is 16.2 Å². The molecule has 0 spiro atoms. The molecule has 1 N–H and O–H groups in total. The van der Waals surface area contributed by atoms with Gasteiger partial charge in [-0.15, -0.1) is 0 Å². The molecule has 5 heteroatoms. The van der Waals surface area contributed by atoms with Crippen molar-refractivity contribution in [2.24, 2.45) is 50.2 Å². The molecule has 3 saturated carbocycles. The third kappa shape index (κ3) is 4.07. The summed E-state index contributed by atoms with van der Waals surface area (Å²) in [6, 6.07) is 10.8. The SMILES string of the molecule is CC1(C)CC[C@]2(C(=O)N[C@@H]3CCCc4ccccc43)CC[C@]3(C)[C@H](C(=O)C=C4[C@@]5(C)C=C(C#N)C(=O)C(C)(C)[C@@H]5CC[C@]43C)[C@@H]2C1. The Hall–Kier alpha value is -3.00. The number of allylic oxidation sites excluding steroid dienone is 4. The summed E-state index contributed by atoms with van der Waals surface area (Å²) >= 11 is 0. The van der Waals surface area contributed by atoms with Crippen molar-refractivity contribution in [3.05, 3.63) is 58.7 Å². The van der Waals surface area contributed by atoms with Crippen LogP contribution in [-0.2, 0) is 20.8 Å². The van der Waals surface area contributed by atoms with Crippen LogP contribution in [0.4, 0.5) is 0 Å². The minimum Gasteiger partial charge on any atom is -0.349 e. The summed E-state index contributed by atoms with van der Waals surface area (Å²) in [5.74, 6) is -0.00751. The smallest absolute Gasteiger partial charge is 0.227 e. The number of hydrogen-bond acceptors (Lipinski definition) is 4. The minimum atomic E-state index is -0.678. The molecule has 1 amide bonds. The second-order valence-electron chi connectivity index (χ2n) is 18.0. The minimum absolute atomic E-state index is 0.0236.